The second-order valence-corrected chi connectivity index (χ2v) is 9.25. The maximum atomic E-state index is 12.8. The smallest absolute Gasteiger partial charge is 0.227 e. The van der Waals surface area contributed by atoms with Crippen LogP contribution in [0.4, 0.5) is 0 Å². The van der Waals surface area contributed by atoms with Gasteiger partial charge in [-0.15, -0.1) is 0 Å². The van der Waals surface area contributed by atoms with E-state index in [0.29, 0.717) is 29.3 Å². The van der Waals surface area contributed by atoms with Gasteiger partial charge >= 0.3 is 0 Å². The molecule has 2 aromatic carbocycles. The number of hydrogen-bond acceptors (Lipinski definition) is 4. The summed E-state index contributed by atoms with van der Waals surface area (Å²) in [5, 5.41) is -0.241. The summed E-state index contributed by atoms with van der Waals surface area (Å²) in [6.07, 6.45) is 0.518. The van der Waals surface area contributed by atoms with E-state index in [9.17, 15) is 13.2 Å². The van der Waals surface area contributed by atoms with Crippen molar-refractivity contribution in [2.45, 2.75) is 18.1 Å². The van der Waals surface area contributed by atoms with Gasteiger partial charge in [-0.2, -0.15) is 0 Å². The van der Waals surface area contributed by atoms with E-state index < -0.39 is 15.1 Å². The fraction of sp³-hybridized carbons (Fsp3) is 0.350. The van der Waals surface area contributed by atoms with Crippen LogP contribution in [-0.2, 0) is 21.1 Å². The molecular weight excluding hydrogens is 386 g/mol. The number of carbonyl (C=O) groups excluding carboxylic acids is 1. The molecule has 0 N–H and O–H groups in total. The van der Waals surface area contributed by atoms with Gasteiger partial charge in [0.25, 0.3) is 0 Å². The van der Waals surface area contributed by atoms with Gasteiger partial charge in [0.2, 0.25) is 5.91 Å². The van der Waals surface area contributed by atoms with Gasteiger partial charge < -0.3 is 9.64 Å². The Bertz CT molecular complexity index is 929. The molecule has 7 heteroatoms. The Hall–Kier alpha value is -2.05. The number of nitrogens with zero attached hydrogens (tertiary/aromatic N) is 1. The van der Waals surface area contributed by atoms with E-state index in [0.717, 1.165) is 5.56 Å². The summed E-state index contributed by atoms with van der Waals surface area (Å²) in [6.45, 7) is 0.570. The first-order valence-electron chi connectivity index (χ1n) is 8.78. The zero-order valence-electron chi connectivity index (χ0n) is 15.1. The van der Waals surface area contributed by atoms with Gasteiger partial charge in [-0.1, -0.05) is 48.0 Å². The molecule has 27 heavy (non-hydrogen) atoms. The van der Waals surface area contributed by atoms with Gasteiger partial charge in [-0.05, 0) is 24.1 Å². The van der Waals surface area contributed by atoms with Crippen LogP contribution in [0.1, 0.15) is 22.8 Å². The van der Waals surface area contributed by atoms with Gasteiger partial charge in [-0.3, -0.25) is 4.79 Å². The predicted octanol–water partition coefficient (Wildman–Crippen LogP) is 3.28. The number of benzene rings is 2. The number of amides is 1. The number of para-hydroxylation sites is 1. The maximum absolute atomic E-state index is 12.8. The number of halogens is 1. The minimum absolute atomic E-state index is 0.0689. The SMILES string of the molecule is COc1ccccc1CC(=O)N1CCC(c2ccccc2Cl)S(=O)(=O)CC1. The number of hydrogen-bond donors (Lipinski definition) is 0. The number of carbonyl (C=O) groups is 1. The number of rotatable bonds is 4. The highest BCUT2D eigenvalue weighted by atomic mass is 35.5. The molecule has 0 bridgehead atoms. The zero-order chi connectivity index (χ0) is 19.4. The van der Waals surface area contributed by atoms with Crippen LogP contribution in [0.5, 0.6) is 5.75 Å². The van der Waals surface area contributed by atoms with Crippen LogP contribution in [0.15, 0.2) is 48.5 Å². The van der Waals surface area contributed by atoms with Crippen molar-refractivity contribution in [2.75, 3.05) is 26.0 Å². The minimum atomic E-state index is -3.39. The first kappa shape index (κ1) is 19.7. The van der Waals surface area contributed by atoms with Crippen LogP contribution in [0.3, 0.4) is 0 Å². The highest BCUT2D eigenvalue weighted by Gasteiger charge is 2.33. The van der Waals surface area contributed by atoms with Crippen molar-refractivity contribution in [3.63, 3.8) is 0 Å². The van der Waals surface area contributed by atoms with Gasteiger partial charge in [0.05, 0.1) is 24.5 Å². The lowest BCUT2D eigenvalue weighted by Crippen LogP contribution is -2.34. The Morgan fingerprint density at radius 1 is 1.15 bits per heavy atom. The van der Waals surface area contributed by atoms with Crippen LogP contribution in [-0.4, -0.2) is 45.2 Å². The van der Waals surface area contributed by atoms with E-state index in [1.807, 2.05) is 24.3 Å². The molecular formula is C20H22ClNO4S. The summed E-state index contributed by atoms with van der Waals surface area (Å²) in [4.78, 5) is 14.4. The lowest BCUT2D eigenvalue weighted by molar-refractivity contribution is -0.130. The van der Waals surface area contributed by atoms with Crippen molar-refractivity contribution >= 4 is 27.3 Å². The summed E-state index contributed by atoms with van der Waals surface area (Å²) >= 11 is 6.22. The van der Waals surface area contributed by atoms with E-state index in [1.54, 1.807) is 36.3 Å². The van der Waals surface area contributed by atoms with E-state index in [2.05, 4.69) is 0 Å². The van der Waals surface area contributed by atoms with Crippen molar-refractivity contribution in [1.82, 2.24) is 4.90 Å². The average molecular weight is 408 g/mol. The highest BCUT2D eigenvalue weighted by molar-refractivity contribution is 7.91. The molecule has 1 saturated heterocycles. The third-order valence-corrected chi connectivity index (χ3v) is 7.33. The number of methoxy groups -OCH3 is 1. The Kier molecular flexibility index (Phi) is 6.07. The second kappa shape index (κ2) is 8.31. The van der Waals surface area contributed by atoms with Gasteiger partial charge in [-0.25, -0.2) is 8.42 Å². The van der Waals surface area contributed by atoms with Gasteiger partial charge in [0.1, 0.15) is 5.75 Å². The van der Waals surface area contributed by atoms with Crippen LogP contribution >= 0.6 is 11.6 Å². The first-order valence-corrected chi connectivity index (χ1v) is 10.9. The van der Waals surface area contributed by atoms with E-state index in [-0.39, 0.29) is 24.6 Å². The van der Waals surface area contributed by atoms with Crippen LogP contribution in [0, 0.1) is 0 Å². The third kappa shape index (κ3) is 4.45. The fourth-order valence-electron chi connectivity index (χ4n) is 3.40. The molecule has 0 aromatic heterocycles. The molecule has 144 valence electrons. The van der Waals surface area contributed by atoms with E-state index >= 15 is 0 Å². The molecule has 0 saturated carbocycles. The largest absolute Gasteiger partial charge is 0.496 e. The molecule has 0 aliphatic carbocycles. The van der Waals surface area contributed by atoms with Crippen molar-refractivity contribution in [3.05, 3.63) is 64.7 Å². The van der Waals surface area contributed by atoms with Gasteiger partial charge in [0, 0.05) is 23.7 Å². The Labute approximate surface area is 164 Å². The Morgan fingerprint density at radius 3 is 2.59 bits per heavy atom. The maximum Gasteiger partial charge on any atom is 0.227 e. The van der Waals surface area contributed by atoms with Crippen molar-refractivity contribution in [1.29, 1.82) is 0 Å². The summed E-state index contributed by atoms with van der Waals surface area (Å²) in [5.74, 6) is 0.484. The molecule has 5 nitrogen and oxygen atoms in total. The van der Waals surface area contributed by atoms with Crippen LogP contribution in [0.25, 0.3) is 0 Å². The topological polar surface area (TPSA) is 63.7 Å². The first-order chi connectivity index (χ1) is 12.9. The molecule has 1 unspecified atom stereocenters. The lowest BCUT2D eigenvalue weighted by atomic mass is 10.1. The van der Waals surface area contributed by atoms with Crippen molar-refractivity contribution in [2.24, 2.45) is 0 Å². The van der Waals surface area contributed by atoms with Gasteiger partial charge in [0.15, 0.2) is 9.84 Å². The lowest BCUT2D eigenvalue weighted by Gasteiger charge is -2.21. The molecule has 1 atom stereocenters. The molecule has 1 heterocycles. The third-order valence-electron chi connectivity index (χ3n) is 4.88. The summed E-state index contributed by atoms with van der Waals surface area (Å²) in [6, 6.07) is 14.4. The molecule has 0 radical (unpaired) electrons. The zero-order valence-corrected chi connectivity index (χ0v) is 16.7. The highest BCUT2D eigenvalue weighted by Crippen LogP contribution is 2.34. The van der Waals surface area contributed by atoms with E-state index in [4.69, 9.17) is 16.3 Å². The molecule has 1 fully saturated rings. The summed E-state index contributed by atoms with van der Waals surface area (Å²) in [5.41, 5.74) is 1.40. The second-order valence-electron chi connectivity index (χ2n) is 6.54. The normalized spacial score (nSPS) is 19.3. The van der Waals surface area contributed by atoms with Crippen LogP contribution in [0.2, 0.25) is 5.02 Å². The fourth-order valence-corrected chi connectivity index (χ4v) is 5.55. The molecule has 3 rings (SSSR count). The number of ether oxygens (including phenoxy) is 1. The molecule has 0 spiro atoms. The quantitative estimate of drug-likeness (QED) is 0.780. The van der Waals surface area contributed by atoms with Crippen LogP contribution < -0.4 is 4.74 Å². The predicted molar refractivity (Wildman–Crippen MR) is 106 cm³/mol. The van der Waals surface area contributed by atoms with Crippen molar-refractivity contribution < 1.29 is 17.9 Å². The molecule has 1 amide bonds. The Morgan fingerprint density at radius 2 is 1.85 bits per heavy atom. The molecule has 1 aliphatic heterocycles. The summed E-state index contributed by atoms with van der Waals surface area (Å²) < 4.78 is 30.8. The van der Waals surface area contributed by atoms with E-state index in [1.165, 1.54) is 0 Å². The molecule has 2 aromatic rings. The Balaban J connectivity index is 1.77. The number of sulfone groups is 1. The minimum Gasteiger partial charge on any atom is -0.496 e. The summed E-state index contributed by atoms with van der Waals surface area (Å²) in [7, 11) is -1.83. The average Bonchev–Trinajstić information content (AvgIpc) is 2.81. The van der Waals surface area contributed by atoms with Crippen molar-refractivity contribution in [3.8, 4) is 5.75 Å². The monoisotopic (exact) mass is 407 g/mol. The molecule has 1 aliphatic rings. The standard InChI is InChI=1S/C20H22ClNO4S/c1-26-18-9-5-2-6-15(18)14-20(23)22-11-10-19(27(24,25)13-12-22)16-7-3-4-8-17(16)21/h2-9,19H,10-14H2,1H3.